The summed E-state index contributed by atoms with van der Waals surface area (Å²) in [6, 6.07) is 9.83. The maximum absolute atomic E-state index is 13.1. The third-order valence-corrected chi connectivity index (χ3v) is 6.46. The monoisotopic (exact) mass is 387 g/mol. The van der Waals surface area contributed by atoms with Crippen LogP contribution in [0.1, 0.15) is 29.2 Å². The number of nitrogens with zero attached hydrogens (tertiary/aromatic N) is 1. The van der Waals surface area contributed by atoms with Crippen molar-refractivity contribution in [3.63, 3.8) is 0 Å². The van der Waals surface area contributed by atoms with E-state index in [1.165, 1.54) is 18.3 Å². The van der Waals surface area contributed by atoms with Crippen LogP contribution >= 0.6 is 0 Å². The third kappa shape index (κ3) is 4.71. The van der Waals surface area contributed by atoms with Crippen molar-refractivity contribution in [2.75, 3.05) is 6.54 Å². The standard InChI is InChI=1S/C19H21N3O4S/c1-13-4-8-16(9-5-13)27(25,26)17(14-3-2-10-20-11-14)12-21-18(23)19(24)22-15-6-7-15/h2-5,8-11,15,17H,6-7,12H2,1H3,(H,21,23)(H,22,24)/t17-/m0/s1. The van der Waals surface area contributed by atoms with Gasteiger partial charge in [0.15, 0.2) is 9.84 Å². The predicted octanol–water partition coefficient (Wildman–Crippen LogP) is 1.30. The summed E-state index contributed by atoms with van der Waals surface area (Å²) >= 11 is 0. The summed E-state index contributed by atoms with van der Waals surface area (Å²) in [6.45, 7) is 1.65. The molecule has 3 rings (SSSR count). The maximum atomic E-state index is 13.1. The Hall–Kier alpha value is -2.74. The van der Waals surface area contributed by atoms with Gasteiger partial charge in [-0.15, -0.1) is 0 Å². The molecule has 1 fully saturated rings. The molecule has 1 aliphatic carbocycles. The molecule has 27 heavy (non-hydrogen) atoms. The molecular formula is C19H21N3O4S. The van der Waals surface area contributed by atoms with Gasteiger partial charge in [-0.25, -0.2) is 8.42 Å². The Morgan fingerprint density at radius 2 is 1.85 bits per heavy atom. The molecule has 0 bridgehead atoms. The Balaban J connectivity index is 1.81. The Morgan fingerprint density at radius 3 is 2.44 bits per heavy atom. The molecule has 0 spiro atoms. The van der Waals surface area contributed by atoms with Crippen LogP contribution in [-0.2, 0) is 19.4 Å². The molecule has 142 valence electrons. The van der Waals surface area contributed by atoms with Gasteiger partial charge in [0.25, 0.3) is 0 Å². The zero-order valence-electron chi connectivity index (χ0n) is 14.9. The topological polar surface area (TPSA) is 105 Å². The van der Waals surface area contributed by atoms with E-state index in [0.717, 1.165) is 18.4 Å². The van der Waals surface area contributed by atoms with Crippen molar-refractivity contribution in [1.29, 1.82) is 0 Å². The van der Waals surface area contributed by atoms with Crippen molar-refractivity contribution >= 4 is 21.7 Å². The van der Waals surface area contributed by atoms with Crippen LogP contribution in [0.4, 0.5) is 0 Å². The van der Waals surface area contributed by atoms with Gasteiger partial charge in [-0.3, -0.25) is 14.6 Å². The molecule has 0 unspecified atom stereocenters. The first kappa shape index (κ1) is 19.0. The van der Waals surface area contributed by atoms with Gasteiger partial charge in [0, 0.05) is 25.0 Å². The Bertz CT molecular complexity index is 923. The van der Waals surface area contributed by atoms with E-state index >= 15 is 0 Å². The number of rotatable bonds is 6. The highest BCUT2D eigenvalue weighted by Crippen LogP contribution is 2.28. The predicted molar refractivity (Wildman–Crippen MR) is 99.5 cm³/mol. The van der Waals surface area contributed by atoms with Gasteiger partial charge in [0.2, 0.25) is 0 Å². The minimum Gasteiger partial charge on any atom is -0.346 e. The lowest BCUT2D eigenvalue weighted by molar-refractivity contribution is -0.139. The molecule has 0 saturated heterocycles. The van der Waals surface area contributed by atoms with Crippen LogP contribution in [0.5, 0.6) is 0 Å². The van der Waals surface area contributed by atoms with Gasteiger partial charge in [0.05, 0.1) is 4.90 Å². The molecule has 1 heterocycles. The van der Waals surface area contributed by atoms with Crippen LogP contribution in [-0.4, -0.2) is 37.8 Å². The van der Waals surface area contributed by atoms with Gasteiger partial charge < -0.3 is 10.6 Å². The number of aromatic nitrogens is 1. The summed E-state index contributed by atoms with van der Waals surface area (Å²) in [6.07, 6.45) is 4.71. The second-order valence-corrected chi connectivity index (χ2v) is 8.72. The van der Waals surface area contributed by atoms with Gasteiger partial charge in [0.1, 0.15) is 5.25 Å². The fraction of sp³-hybridized carbons (Fsp3) is 0.316. The summed E-state index contributed by atoms with van der Waals surface area (Å²) in [4.78, 5) is 28.0. The number of sulfone groups is 1. The highest BCUT2D eigenvalue weighted by atomic mass is 32.2. The van der Waals surface area contributed by atoms with Crippen LogP contribution < -0.4 is 10.6 Å². The Labute approximate surface area is 158 Å². The van der Waals surface area contributed by atoms with E-state index in [9.17, 15) is 18.0 Å². The van der Waals surface area contributed by atoms with Crippen LogP contribution in [0.2, 0.25) is 0 Å². The second-order valence-electron chi connectivity index (χ2n) is 6.59. The minimum atomic E-state index is -3.79. The van der Waals surface area contributed by atoms with Crippen LogP contribution in [0.25, 0.3) is 0 Å². The van der Waals surface area contributed by atoms with Crippen LogP contribution in [0.3, 0.4) is 0 Å². The summed E-state index contributed by atoms with van der Waals surface area (Å²) in [7, 11) is -3.79. The van der Waals surface area contributed by atoms with Crippen molar-refractivity contribution in [2.45, 2.75) is 36.0 Å². The van der Waals surface area contributed by atoms with E-state index in [1.807, 2.05) is 6.92 Å². The number of carbonyl (C=O) groups excluding carboxylic acids is 2. The Kier molecular flexibility index (Phi) is 5.55. The zero-order valence-corrected chi connectivity index (χ0v) is 15.7. The first-order valence-electron chi connectivity index (χ1n) is 8.67. The summed E-state index contributed by atoms with van der Waals surface area (Å²) in [5.74, 6) is -1.58. The van der Waals surface area contributed by atoms with Crippen molar-refractivity contribution in [3.8, 4) is 0 Å². The number of carbonyl (C=O) groups is 2. The lowest BCUT2D eigenvalue weighted by atomic mass is 10.2. The van der Waals surface area contributed by atoms with Gasteiger partial charge in [-0.2, -0.15) is 0 Å². The van der Waals surface area contributed by atoms with Crippen molar-refractivity contribution < 1.29 is 18.0 Å². The van der Waals surface area contributed by atoms with Crippen LogP contribution in [0.15, 0.2) is 53.7 Å². The largest absolute Gasteiger partial charge is 0.346 e. The average molecular weight is 387 g/mol. The van der Waals surface area contributed by atoms with E-state index in [4.69, 9.17) is 0 Å². The molecular weight excluding hydrogens is 366 g/mol. The number of hydrogen-bond donors (Lipinski definition) is 2. The normalized spacial score (nSPS) is 15.0. The van der Waals surface area contributed by atoms with E-state index in [0.29, 0.717) is 5.56 Å². The third-order valence-electron chi connectivity index (χ3n) is 4.35. The van der Waals surface area contributed by atoms with Crippen molar-refractivity contribution in [2.24, 2.45) is 0 Å². The summed E-state index contributed by atoms with van der Waals surface area (Å²) in [5, 5.41) is 3.98. The molecule has 1 aromatic carbocycles. The van der Waals surface area contributed by atoms with Gasteiger partial charge in [-0.05, 0) is 43.5 Å². The van der Waals surface area contributed by atoms with E-state index < -0.39 is 26.9 Å². The number of benzene rings is 1. The molecule has 2 aromatic rings. The fourth-order valence-electron chi connectivity index (χ4n) is 2.61. The molecule has 1 atom stereocenters. The fourth-order valence-corrected chi connectivity index (χ4v) is 4.25. The molecule has 0 aliphatic heterocycles. The van der Waals surface area contributed by atoms with E-state index in [1.54, 1.807) is 30.5 Å². The molecule has 0 radical (unpaired) electrons. The van der Waals surface area contributed by atoms with Crippen molar-refractivity contribution in [1.82, 2.24) is 15.6 Å². The van der Waals surface area contributed by atoms with Gasteiger partial charge >= 0.3 is 11.8 Å². The van der Waals surface area contributed by atoms with E-state index in [-0.39, 0.29) is 17.5 Å². The summed E-state index contributed by atoms with van der Waals surface area (Å²) < 4.78 is 26.3. The molecule has 1 saturated carbocycles. The van der Waals surface area contributed by atoms with E-state index in [2.05, 4.69) is 15.6 Å². The number of nitrogens with one attached hydrogen (secondary N) is 2. The highest BCUT2D eigenvalue weighted by molar-refractivity contribution is 7.91. The van der Waals surface area contributed by atoms with Gasteiger partial charge in [-0.1, -0.05) is 23.8 Å². The molecule has 2 N–H and O–H groups in total. The molecule has 1 aliphatic rings. The molecule has 7 nitrogen and oxygen atoms in total. The number of aryl methyl sites for hydroxylation is 1. The number of amides is 2. The van der Waals surface area contributed by atoms with Crippen molar-refractivity contribution in [3.05, 3.63) is 59.9 Å². The molecule has 2 amide bonds. The lowest BCUT2D eigenvalue weighted by Crippen LogP contribution is -2.43. The number of hydrogen-bond acceptors (Lipinski definition) is 5. The average Bonchev–Trinajstić information content (AvgIpc) is 3.46. The first-order valence-corrected chi connectivity index (χ1v) is 10.2. The smallest absolute Gasteiger partial charge is 0.309 e. The Morgan fingerprint density at radius 1 is 1.15 bits per heavy atom. The number of pyridine rings is 1. The highest BCUT2D eigenvalue weighted by Gasteiger charge is 2.31. The zero-order chi connectivity index (χ0) is 19.4. The molecule has 1 aromatic heterocycles. The SMILES string of the molecule is Cc1ccc(S(=O)(=O)[C@@H](CNC(=O)C(=O)NC2CC2)c2cccnc2)cc1. The lowest BCUT2D eigenvalue weighted by Gasteiger charge is -2.18. The molecule has 8 heteroatoms. The van der Waals surface area contributed by atoms with Crippen LogP contribution in [0, 0.1) is 6.92 Å². The summed E-state index contributed by atoms with van der Waals surface area (Å²) in [5.41, 5.74) is 1.39. The minimum absolute atomic E-state index is 0.0497. The second kappa shape index (κ2) is 7.87. The quantitative estimate of drug-likeness (QED) is 0.727. The maximum Gasteiger partial charge on any atom is 0.309 e. The first-order chi connectivity index (χ1) is 12.9.